The van der Waals surface area contributed by atoms with Gasteiger partial charge in [-0.2, -0.15) is 4.31 Å². The molecule has 190 valence electrons. The molecular formula is C27H26BrCl2NO4S. The molecule has 36 heavy (non-hydrogen) atoms. The second-order valence-electron chi connectivity index (χ2n) is 9.28. The third kappa shape index (κ3) is 5.97. The minimum absolute atomic E-state index is 0.00944. The van der Waals surface area contributed by atoms with Crippen molar-refractivity contribution in [2.24, 2.45) is 11.8 Å². The number of ether oxygens (including phenoxy) is 1. The standard InChI is InChI=1S/C27H26BrCl2NO4S/c1-17-12-18(2)16-31(15-17)36(33,34)21-9-11-24(29)22(14-21)27(32)35-26(19-6-4-3-5-7-19)20-8-10-25(30)23(28)13-20/h3-11,13-14,17-18,26H,12,15-16H2,1-2H3. The molecule has 0 aromatic heterocycles. The Hall–Kier alpha value is -1.90. The maximum Gasteiger partial charge on any atom is 0.340 e. The molecule has 1 aliphatic heterocycles. The number of sulfonamides is 1. The summed E-state index contributed by atoms with van der Waals surface area (Å²) in [6.45, 7) is 4.97. The molecule has 1 aliphatic rings. The van der Waals surface area contributed by atoms with Gasteiger partial charge >= 0.3 is 5.97 Å². The van der Waals surface area contributed by atoms with Crippen LogP contribution in [0.15, 0.2) is 76.1 Å². The topological polar surface area (TPSA) is 63.7 Å². The van der Waals surface area contributed by atoms with Gasteiger partial charge in [0.15, 0.2) is 6.10 Å². The van der Waals surface area contributed by atoms with Crippen LogP contribution in [0.3, 0.4) is 0 Å². The Morgan fingerprint density at radius 1 is 0.944 bits per heavy atom. The molecule has 3 aromatic carbocycles. The van der Waals surface area contributed by atoms with Crippen LogP contribution < -0.4 is 0 Å². The van der Waals surface area contributed by atoms with Crippen LogP contribution >= 0.6 is 39.1 Å². The highest BCUT2D eigenvalue weighted by Gasteiger charge is 2.33. The highest BCUT2D eigenvalue weighted by Crippen LogP contribution is 2.34. The van der Waals surface area contributed by atoms with Crippen molar-refractivity contribution in [3.8, 4) is 0 Å². The predicted octanol–water partition coefficient (Wildman–Crippen LogP) is 7.37. The number of carbonyl (C=O) groups is 1. The number of hydrogen-bond acceptors (Lipinski definition) is 4. The first-order valence-electron chi connectivity index (χ1n) is 11.6. The molecule has 0 N–H and O–H groups in total. The van der Waals surface area contributed by atoms with Gasteiger partial charge in [0.2, 0.25) is 10.0 Å². The quantitative estimate of drug-likeness (QED) is 0.273. The zero-order valence-corrected chi connectivity index (χ0v) is 23.7. The lowest BCUT2D eigenvalue weighted by molar-refractivity contribution is 0.0378. The van der Waals surface area contributed by atoms with E-state index in [9.17, 15) is 13.2 Å². The maximum atomic E-state index is 13.4. The molecule has 9 heteroatoms. The first kappa shape index (κ1) is 27.1. The molecular weight excluding hydrogens is 585 g/mol. The lowest BCUT2D eigenvalue weighted by Crippen LogP contribution is -2.42. The summed E-state index contributed by atoms with van der Waals surface area (Å²) in [4.78, 5) is 13.4. The van der Waals surface area contributed by atoms with E-state index in [1.165, 1.54) is 22.5 Å². The van der Waals surface area contributed by atoms with E-state index in [0.29, 0.717) is 28.1 Å². The Morgan fingerprint density at radius 3 is 2.22 bits per heavy atom. The molecule has 3 unspecified atom stereocenters. The van der Waals surface area contributed by atoms with Crippen LogP contribution in [0.1, 0.15) is 47.9 Å². The predicted molar refractivity (Wildman–Crippen MR) is 146 cm³/mol. The summed E-state index contributed by atoms with van der Waals surface area (Å²) >= 11 is 15.9. The molecule has 1 saturated heterocycles. The number of piperidine rings is 1. The van der Waals surface area contributed by atoms with Gasteiger partial charge in [-0.05, 0) is 75.6 Å². The van der Waals surface area contributed by atoms with E-state index >= 15 is 0 Å². The Labute approximate surface area is 230 Å². The smallest absolute Gasteiger partial charge is 0.340 e. The second kappa shape index (κ2) is 11.2. The molecule has 0 aliphatic carbocycles. The van der Waals surface area contributed by atoms with Crippen LogP contribution in [0.2, 0.25) is 10.0 Å². The van der Waals surface area contributed by atoms with Crippen molar-refractivity contribution < 1.29 is 17.9 Å². The number of esters is 1. The van der Waals surface area contributed by atoms with Gasteiger partial charge in [-0.25, -0.2) is 13.2 Å². The first-order valence-corrected chi connectivity index (χ1v) is 14.6. The van der Waals surface area contributed by atoms with Gasteiger partial charge in [-0.1, -0.05) is 73.4 Å². The molecule has 4 rings (SSSR count). The van der Waals surface area contributed by atoms with Crippen LogP contribution in [0.5, 0.6) is 0 Å². The Morgan fingerprint density at radius 2 is 1.58 bits per heavy atom. The lowest BCUT2D eigenvalue weighted by atomic mass is 9.94. The SMILES string of the molecule is CC1CC(C)CN(S(=O)(=O)c2ccc(Cl)c(C(=O)OC(c3ccccc3)c3ccc(Cl)c(Br)c3)c2)C1. The number of halogens is 3. The van der Waals surface area contributed by atoms with Crippen LogP contribution in [-0.2, 0) is 14.8 Å². The lowest BCUT2D eigenvalue weighted by Gasteiger charge is -2.34. The minimum Gasteiger partial charge on any atom is -0.449 e. The van der Waals surface area contributed by atoms with Crippen molar-refractivity contribution in [1.82, 2.24) is 4.31 Å². The summed E-state index contributed by atoms with van der Waals surface area (Å²) in [5, 5.41) is 0.641. The fourth-order valence-corrected chi connectivity index (χ4v) is 6.99. The molecule has 5 nitrogen and oxygen atoms in total. The Bertz CT molecular complexity index is 1360. The van der Waals surface area contributed by atoms with E-state index in [1.807, 2.05) is 44.2 Å². The van der Waals surface area contributed by atoms with Crippen molar-refractivity contribution >= 4 is 55.1 Å². The van der Waals surface area contributed by atoms with Gasteiger partial charge < -0.3 is 4.74 Å². The molecule has 3 atom stereocenters. The summed E-state index contributed by atoms with van der Waals surface area (Å²) in [7, 11) is -3.80. The number of carbonyl (C=O) groups excluding carboxylic acids is 1. The third-order valence-corrected chi connectivity index (χ3v) is 9.58. The minimum atomic E-state index is -3.80. The molecule has 0 spiro atoms. The summed E-state index contributed by atoms with van der Waals surface area (Å²) in [5.74, 6) is -0.214. The third-order valence-electron chi connectivity index (χ3n) is 6.20. The first-order chi connectivity index (χ1) is 17.1. The normalized spacial score (nSPS) is 19.6. The average molecular weight is 611 g/mol. The van der Waals surface area contributed by atoms with Crippen LogP contribution in [0, 0.1) is 11.8 Å². The van der Waals surface area contributed by atoms with Crippen LogP contribution in [-0.4, -0.2) is 31.8 Å². The van der Waals surface area contributed by atoms with E-state index in [1.54, 1.807) is 18.2 Å². The van der Waals surface area contributed by atoms with Gasteiger partial charge in [-0.3, -0.25) is 0 Å². The van der Waals surface area contributed by atoms with E-state index in [2.05, 4.69) is 15.9 Å². The number of nitrogens with zero attached hydrogens (tertiary/aromatic N) is 1. The highest BCUT2D eigenvalue weighted by atomic mass is 79.9. The second-order valence-corrected chi connectivity index (χ2v) is 12.9. The van der Waals surface area contributed by atoms with Crippen molar-refractivity contribution in [3.05, 3.63) is 97.9 Å². The van der Waals surface area contributed by atoms with Crippen molar-refractivity contribution in [2.45, 2.75) is 31.3 Å². The summed E-state index contributed by atoms with van der Waals surface area (Å²) in [6.07, 6.45) is 0.221. The Kier molecular flexibility index (Phi) is 8.47. The van der Waals surface area contributed by atoms with E-state index in [-0.39, 0.29) is 27.3 Å². The van der Waals surface area contributed by atoms with E-state index in [4.69, 9.17) is 27.9 Å². The molecule has 0 radical (unpaired) electrons. The summed E-state index contributed by atoms with van der Waals surface area (Å²) in [5.41, 5.74) is 1.43. The largest absolute Gasteiger partial charge is 0.449 e. The van der Waals surface area contributed by atoms with Crippen molar-refractivity contribution in [1.29, 1.82) is 0 Å². The van der Waals surface area contributed by atoms with E-state index in [0.717, 1.165) is 12.0 Å². The van der Waals surface area contributed by atoms with Crippen LogP contribution in [0.25, 0.3) is 0 Å². The zero-order chi connectivity index (χ0) is 26.0. The van der Waals surface area contributed by atoms with E-state index < -0.39 is 22.1 Å². The molecule has 0 saturated carbocycles. The number of benzene rings is 3. The zero-order valence-electron chi connectivity index (χ0n) is 19.8. The van der Waals surface area contributed by atoms with Gasteiger partial charge in [0, 0.05) is 17.6 Å². The van der Waals surface area contributed by atoms with Gasteiger partial charge in [-0.15, -0.1) is 0 Å². The molecule has 1 heterocycles. The van der Waals surface area contributed by atoms with Gasteiger partial charge in [0.05, 0.1) is 20.5 Å². The molecule has 1 fully saturated rings. The highest BCUT2D eigenvalue weighted by molar-refractivity contribution is 9.10. The molecule has 3 aromatic rings. The number of rotatable bonds is 6. The average Bonchev–Trinajstić information content (AvgIpc) is 2.84. The summed E-state index contributed by atoms with van der Waals surface area (Å²) in [6, 6.07) is 18.7. The molecule has 0 amide bonds. The van der Waals surface area contributed by atoms with Gasteiger partial charge in [0.1, 0.15) is 0 Å². The van der Waals surface area contributed by atoms with Crippen LogP contribution in [0.4, 0.5) is 0 Å². The fraction of sp³-hybridized carbons (Fsp3) is 0.296. The van der Waals surface area contributed by atoms with Gasteiger partial charge in [0.25, 0.3) is 0 Å². The fourth-order valence-electron chi connectivity index (χ4n) is 4.57. The summed E-state index contributed by atoms with van der Waals surface area (Å²) < 4.78 is 34.9. The number of hydrogen-bond donors (Lipinski definition) is 0. The molecule has 0 bridgehead atoms. The van der Waals surface area contributed by atoms with Crippen molar-refractivity contribution in [2.75, 3.05) is 13.1 Å². The van der Waals surface area contributed by atoms with Crippen molar-refractivity contribution in [3.63, 3.8) is 0 Å². The monoisotopic (exact) mass is 609 g/mol. The Balaban J connectivity index is 1.67. The maximum absolute atomic E-state index is 13.4.